The first kappa shape index (κ1) is 33.7. The summed E-state index contributed by atoms with van der Waals surface area (Å²) in [4.78, 5) is 34.2. The van der Waals surface area contributed by atoms with Crippen LogP contribution < -0.4 is 15.4 Å². The number of benzene rings is 2. The van der Waals surface area contributed by atoms with E-state index in [0.29, 0.717) is 50.0 Å². The van der Waals surface area contributed by atoms with Crippen molar-refractivity contribution in [2.45, 2.75) is 57.5 Å². The highest BCUT2D eigenvalue weighted by molar-refractivity contribution is 7.85. The van der Waals surface area contributed by atoms with Crippen molar-refractivity contribution < 1.29 is 31.3 Å². The SMILES string of the molecule is Cc1cccc(C(=O)N[C@H]2CC[C@H](NC(=O)c3cc(F)cnc3Oc3cccc(-c4ccc(CCCOS(C)(=O)=O)cc4)c3)CC2)n1. The molecule has 1 saturated carbocycles. The molecular weight excluding hydrogens is 623 g/mol. The fraction of sp³-hybridized carbons (Fsp3) is 0.314. The molecule has 0 aliphatic heterocycles. The van der Waals surface area contributed by atoms with Crippen molar-refractivity contribution in [1.82, 2.24) is 20.6 Å². The van der Waals surface area contributed by atoms with Gasteiger partial charge in [-0.05, 0) is 92.5 Å². The molecule has 246 valence electrons. The van der Waals surface area contributed by atoms with Crippen LogP contribution in [0.4, 0.5) is 4.39 Å². The maximum Gasteiger partial charge on any atom is 0.270 e. The van der Waals surface area contributed by atoms with E-state index in [9.17, 15) is 22.4 Å². The molecule has 2 amide bonds. The number of nitrogens with one attached hydrogen (secondary N) is 2. The first-order valence-electron chi connectivity index (χ1n) is 15.4. The Bertz CT molecular complexity index is 1830. The van der Waals surface area contributed by atoms with Crippen LogP contribution in [0, 0.1) is 12.7 Å². The Labute approximate surface area is 273 Å². The van der Waals surface area contributed by atoms with Gasteiger partial charge in [-0.3, -0.25) is 13.8 Å². The fourth-order valence-corrected chi connectivity index (χ4v) is 5.87. The van der Waals surface area contributed by atoms with E-state index in [1.165, 1.54) is 0 Å². The first-order chi connectivity index (χ1) is 22.5. The molecule has 12 heteroatoms. The minimum atomic E-state index is -3.45. The summed E-state index contributed by atoms with van der Waals surface area (Å²) in [6.45, 7) is 1.96. The van der Waals surface area contributed by atoms with E-state index < -0.39 is 21.8 Å². The Hall–Kier alpha value is -4.68. The third-order valence-corrected chi connectivity index (χ3v) is 8.42. The molecular formula is C35H37FN4O6S. The zero-order valence-electron chi connectivity index (χ0n) is 26.2. The van der Waals surface area contributed by atoms with Crippen molar-refractivity contribution >= 4 is 21.9 Å². The standard InChI is InChI=1S/C35H37FN4O6S/c1-23-6-3-10-32(38-23)34(42)40-29-17-15-28(16-18-29)39-33(41)31-21-27(36)22-37-35(31)46-30-9-4-8-26(20-30)25-13-11-24(12-14-25)7-5-19-45-47(2,43)44/h3-4,6,8-14,20-22,28-29H,5,7,15-19H2,1-2H3,(H,39,41)(H,40,42)/t28-,29-. The molecule has 0 unspecified atom stereocenters. The van der Waals surface area contributed by atoms with E-state index in [1.807, 2.05) is 55.5 Å². The van der Waals surface area contributed by atoms with Gasteiger partial charge < -0.3 is 15.4 Å². The van der Waals surface area contributed by atoms with Crippen LogP contribution in [0.25, 0.3) is 11.1 Å². The predicted octanol–water partition coefficient (Wildman–Crippen LogP) is 5.76. The number of nitrogens with zero attached hydrogens (tertiary/aromatic N) is 2. The molecule has 2 heterocycles. The first-order valence-corrected chi connectivity index (χ1v) is 17.3. The lowest BCUT2D eigenvalue weighted by Gasteiger charge is -2.29. The molecule has 4 aromatic rings. The largest absolute Gasteiger partial charge is 0.438 e. The Kier molecular flexibility index (Phi) is 10.9. The van der Waals surface area contributed by atoms with Gasteiger partial charge in [-0.2, -0.15) is 8.42 Å². The molecule has 0 saturated heterocycles. The topological polar surface area (TPSA) is 137 Å². The molecule has 10 nitrogen and oxygen atoms in total. The van der Waals surface area contributed by atoms with E-state index in [-0.39, 0.29) is 36.0 Å². The number of ether oxygens (including phenoxy) is 1. The van der Waals surface area contributed by atoms with Crippen molar-refractivity contribution in [2.75, 3.05) is 12.9 Å². The summed E-state index contributed by atoms with van der Waals surface area (Å²) in [6, 6.07) is 21.4. The van der Waals surface area contributed by atoms with E-state index in [1.54, 1.807) is 18.2 Å². The highest BCUT2D eigenvalue weighted by Crippen LogP contribution is 2.29. The van der Waals surface area contributed by atoms with Crippen molar-refractivity contribution in [1.29, 1.82) is 0 Å². The van der Waals surface area contributed by atoms with Gasteiger partial charge in [0.25, 0.3) is 21.9 Å². The van der Waals surface area contributed by atoms with Crippen molar-refractivity contribution in [3.63, 3.8) is 0 Å². The molecule has 2 aromatic carbocycles. The number of carbonyl (C=O) groups excluding carboxylic acids is 2. The Morgan fingerprint density at radius 2 is 1.57 bits per heavy atom. The van der Waals surface area contributed by atoms with E-state index in [4.69, 9.17) is 8.92 Å². The third kappa shape index (κ3) is 9.90. The highest BCUT2D eigenvalue weighted by atomic mass is 32.2. The summed E-state index contributed by atoms with van der Waals surface area (Å²) in [6.07, 6.45) is 5.93. The van der Waals surface area contributed by atoms with Gasteiger partial charge in [-0.15, -0.1) is 0 Å². The van der Waals surface area contributed by atoms with Crippen LogP contribution in [0.1, 0.15) is 64.2 Å². The van der Waals surface area contributed by atoms with Gasteiger partial charge in [-0.1, -0.05) is 42.5 Å². The fourth-order valence-electron chi connectivity index (χ4n) is 5.45. The number of hydrogen-bond donors (Lipinski definition) is 2. The number of halogens is 1. The van der Waals surface area contributed by atoms with Crippen LogP contribution in [-0.4, -0.2) is 55.1 Å². The molecule has 0 bridgehead atoms. The number of carbonyl (C=O) groups is 2. The minimum Gasteiger partial charge on any atom is -0.438 e. The van der Waals surface area contributed by atoms with Crippen LogP contribution in [0.2, 0.25) is 0 Å². The third-order valence-electron chi connectivity index (χ3n) is 7.82. The quantitative estimate of drug-likeness (QED) is 0.145. The Balaban J connectivity index is 1.17. The van der Waals surface area contributed by atoms with Crippen molar-refractivity contribution in [3.8, 4) is 22.8 Å². The van der Waals surface area contributed by atoms with Crippen LogP contribution in [0.5, 0.6) is 11.6 Å². The summed E-state index contributed by atoms with van der Waals surface area (Å²) in [5.74, 6) is -0.951. The average Bonchev–Trinajstić information content (AvgIpc) is 3.05. The number of hydrogen-bond acceptors (Lipinski definition) is 8. The molecule has 1 fully saturated rings. The molecule has 1 aliphatic rings. The number of amides is 2. The van der Waals surface area contributed by atoms with Gasteiger partial charge in [0.1, 0.15) is 22.8 Å². The lowest BCUT2D eigenvalue weighted by molar-refractivity contribution is 0.0887. The molecule has 5 rings (SSSR count). The smallest absolute Gasteiger partial charge is 0.270 e. The van der Waals surface area contributed by atoms with Crippen LogP contribution in [0.15, 0.2) is 79.0 Å². The second-order valence-corrected chi connectivity index (χ2v) is 13.3. The zero-order chi connectivity index (χ0) is 33.4. The number of aromatic nitrogens is 2. The molecule has 0 atom stereocenters. The molecule has 2 N–H and O–H groups in total. The lowest BCUT2D eigenvalue weighted by atomic mass is 9.91. The Morgan fingerprint density at radius 3 is 2.26 bits per heavy atom. The van der Waals surface area contributed by atoms with Crippen LogP contribution in [-0.2, 0) is 20.7 Å². The Morgan fingerprint density at radius 1 is 0.894 bits per heavy atom. The molecule has 2 aromatic heterocycles. The van der Waals surface area contributed by atoms with Crippen LogP contribution >= 0.6 is 0 Å². The lowest BCUT2D eigenvalue weighted by Crippen LogP contribution is -2.44. The normalized spacial score (nSPS) is 16.3. The number of pyridine rings is 2. The zero-order valence-corrected chi connectivity index (χ0v) is 27.1. The van der Waals surface area contributed by atoms with Gasteiger partial charge in [0.15, 0.2) is 0 Å². The number of aryl methyl sites for hydroxylation is 2. The van der Waals surface area contributed by atoms with Gasteiger partial charge >= 0.3 is 0 Å². The second kappa shape index (κ2) is 15.3. The van der Waals surface area contributed by atoms with E-state index >= 15 is 0 Å². The van der Waals surface area contributed by atoms with Crippen molar-refractivity contribution in [3.05, 3.63) is 107 Å². The van der Waals surface area contributed by atoms with Crippen LogP contribution in [0.3, 0.4) is 0 Å². The average molecular weight is 661 g/mol. The second-order valence-electron chi connectivity index (χ2n) is 11.6. The van der Waals surface area contributed by atoms with Gasteiger partial charge in [-0.25, -0.2) is 14.4 Å². The summed E-state index contributed by atoms with van der Waals surface area (Å²) < 4.78 is 47.3. The summed E-state index contributed by atoms with van der Waals surface area (Å²) in [5, 5.41) is 6.01. The predicted molar refractivity (Wildman–Crippen MR) is 175 cm³/mol. The van der Waals surface area contributed by atoms with Crippen molar-refractivity contribution in [2.24, 2.45) is 0 Å². The van der Waals surface area contributed by atoms with E-state index in [2.05, 4.69) is 20.6 Å². The van der Waals surface area contributed by atoms with Gasteiger partial charge in [0, 0.05) is 17.8 Å². The van der Waals surface area contributed by atoms with Gasteiger partial charge in [0.2, 0.25) is 5.88 Å². The summed E-state index contributed by atoms with van der Waals surface area (Å²) >= 11 is 0. The molecule has 47 heavy (non-hydrogen) atoms. The maximum atomic E-state index is 14.3. The minimum absolute atomic E-state index is 0.0134. The molecule has 0 spiro atoms. The summed E-state index contributed by atoms with van der Waals surface area (Å²) in [7, 11) is -3.45. The number of rotatable bonds is 12. The highest BCUT2D eigenvalue weighted by Gasteiger charge is 2.26. The summed E-state index contributed by atoms with van der Waals surface area (Å²) in [5.41, 5.74) is 3.97. The molecule has 1 aliphatic carbocycles. The maximum absolute atomic E-state index is 14.3. The molecule has 0 radical (unpaired) electrons. The van der Waals surface area contributed by atoms with E-state index in [0.717, 1.165) is 40.9 Å². The van der Waals surface area contributed by atoms with Gasteiger partial charge in [0.05, 0.1) is 19.1 Å². The monoisotopic (exact) mass is 660 g/mol.